The lowest BCUT2D eigenvalue weighted by molar-refractivity contribution is 0.162. The van der Waals surface area contributed by atoms with Crippen LogP contribution in [0.4, 0.5) is 0 Å². The Kier molecular flexibility index (Phi) is 3.74. The molecule has 9 heteroatoms. The lowest BCUT2D eigenvalue weighted by Crippen LogP contribution is -2.23. The van der Waals surface area contributed by atoms with Crippen molar-refractivity contribution in [2.45, 2.75) is 13.0 Å². The minimum Gasteiger partial charge on any atom is -0.383 e. The average Bonchev–Trinajstić information content (AvgIpc) is 3.20. The SMILES string of the molecule is COC[C@H](C)n1c(=O)[nH]c2cnc(-c3cnn4ccc(C#N)cc34)nc21. The molecule has 0 aliphatic heterocycles. The smallest absolute Gasteiger partial charge is 0.328 e. The second-order valence-electron chi connectivity index (χ2n) is 5.95. The van der Waals surface area contributed by atoms with Gasteiger partial charge in [-0.3, -0.25) is 4.57 Å². The molecular weight excluding hydrogens is 334 g/mol. The molecule has 4 aromatic rings. The molecule has 0 aliphatic carbocycles. The van der Waals surface area contributed by atoms with E-state index < -0.39 is 0 Å². The van der Waals surface area contributed by atoms with Crippen LogP contribution in [0.5, 0.6) is 0 Å². The van der Waals surface area contributed by atoms with Crippen molar-refractivity contribution in [1.29, 1.82) is 5.26 Å². The molecule has 130 valence electrons. The molecule has 0 saturated carbocycles. The number of H-pyrrole nitrogens is 1. The van der Waals surface area contributed by atoms with Crippen molar-refractivity contribution in [3.63, 3.8) is 0 Å². The number of rotatable bonds is 4. The highest BCUT2D eigenvalue weighted by Crippen LogP contribution is 2.23. The quantitative estimate of drug-likeness (QED) is 0.597. The van der Waals surface area contributed by atoms with Crippen molar-refractivity contribution < 1.29 is 4.74 Å². The van der Waals surface area contributed by atoms with Crippen molar-refractivity contribution in [2.24, 2.45) is 0 Å². The summed E-state index contributed by atoms with van der Waals surface area (Å²) in [5.74, 6) is 0.431. The summed E-state index contributed by atoms with van der Waals surface area (Å²) >= 11 is 0. The minimum absolute atomic E-state index is 0.182. The standard InChI is InChI=1S/C17H15N7O2/c1-10(9-26-2)24-16-13(21-17(24)25)8-19-15(22-16)12-7-20-23-4-3-11(6-18)5-14(12)23/h3-5,7-8,10H,9H2,1-2H3,(H,21,25)/t10-/m0/s1. The summed E-state index contributed by atoms with van der Waals surface area (Å²) in [5, 5.41) is 13.4. The number of nitrogens with one attached hydrogen (secondary N) is 1. The van der Waals surface area contributed by atoms with Crippen LogP contribution in [0.1, 0.15) is 18.5 Å². The number of nitriles is 1. The third kappa shape index (κ3) is 2.44. The van der Waals surface area contributed by atoms with Crippen LogP contribution in [0.25, 0.3) is 28.1 Å². The van der Waals surface area contributed by atoms with Crippen LogP contribution in [0.2, 0.25) is 0 Å². The van der Waals surface area contributed by atoms with Crippen molar-refractivity contribution in [3.8, 4) is 17.5 Å². The largest absolute Gasteiger partial charge is 0.383 e. The van der Waals surface area contributed by atoms with E-state index in [1.807, 2.05) is 6.92 Å². The average molecular weight is 349 g/mol. The van der Waals surface area contributed by atoms with Crippen LogP contribution in [0, 0.1) is 11.3 Å². The van der Waals surface area contributed by atoms with Crippen LogP contribution >= 0.6 is 0 Å². The summed E-state index contributed by atoms with van der Waals surface area (Å²) in [7, 11) is 1.59. The van der Waals surface area contributed by atoms with Gasteiger partial charge < -0.3 is 9.72 Å². The van der Waals surface area contributed by atoms with Gasteiger partial charge in [0.25, 0.3) is 0 Å². The Balaban J connectivity index is 1.92. The maximum atomic E-state index is 12.3. The third-order valence-electron chi connectivity index (χ3n) is 4.20. The fourth-order valence-electron chi connectivity index (χ4n) is 2.99. The summed E-state index contributed by atoms with van der Waals surface area (Å²) in [6, 6.07) is 5.34. The Morgan fingerprint density at radius 1 is 1.42 bits per heavy atom. The molecule has 0 radical (unpaired) electrons. The number of ether oxygens (including phenoxy) is 1. The van der Waals surface area contributed by atoms with E-state index in [1.165, 1.54) is 0 Å². The Bertz CT molecular complexity index is 1210. The summed E-state index contributed by atoms with van der Waals surface area (Å²) in [4.78, 5) is 24.0. The number of hydrogen-bond donors (Lipinski definition) is 1. The van der Waals surface area contributed by atoms with Gasteiger partial charge in [0.1, 0.15) is 5.52 Å². The molecule has 4 heterocycles. The van der Waals surface area contributed by atoms with Crippen molar-refractivity contribution in [2.75, 3.05) is 13.7 Å². The molecule has 9 nitrogen and oxygen atoms in total. The fraction of sp³-hybridized carbons (Fsp3) is 0.235. The van der Waals surface area contributed by atoms with E-state index >= 15 is 0 Å². The molecule has 0 saturated heterocycles. The second kappa shape index (κ2) is 6.09. The number of imidazole rings is 1. The number of aromatic amines is 1. The molecular formula is C17H15N7O2. The first-order valence-electron chi connectivity index (χ1n) is 7.96. The van der Waals surface area contributed by atoms with Gasteiger partial charge in [0.05, 0.1) is 47.8 Å². The maximum absolute atomic E-state index is 12.3. The molecule has 1 N–H and O–H groups in total. The van der Waals surface area contributed by atoms with E-state index in [9.17, 15) is 4.79 Å². The molecule has 4 aromatic heterocycles. The van der Waals surface area contributed by atoms with E-state index in [1.54, 1.807) is 46.9 Å². The molecule has 4 rings (SSSR count). The number of fused-ring (bicyclic) bond motifs is 2. The van der Waals surface area contributed by atoms with E-state index in [0.717, 1.165) is 5.52 Å². The second-order valence-corrected chi connectivity index (χ2v) is 5.95. The summed E-state index contributed by atoms with van der Waals surface area (Å²) < 4.78 is 8.36. The minimum atomic E-state index is -0.261. The van der Waals surface area contributed by atoms with Gasteiger partial charge in [-0.05, 0) is 19.1 Å². The molecule has 0 aromatic carbocycles. The van der Waals surface area contributed by atoms with Crippen LogP contribution in [-0.4, -0.2) is 42.8 Å². The van der Waals surface area contributed by atoms with Gasteiger partial charge in [-0.2, -0.15) is 10.4 Å². The van der Waals surface area contributed by atoms with Gasteiger partial charge in [-0.15, -0.1) is 0 Å². The zero-order valence-electron chi connectivity index (χ0n) is 14.2. The zero-order valence-corrected chi connectivity index (χ0v) is 14.2. The number of nitrogens with zero attached hydrogens (tertiary/aromatic N) is 6. The molecule has 0 amide bonds. The van der Waals surface area contributed by atoms with Gasteiger partial charge in [-0.1, -0.05) is 0 Å². The van der Waals surface area contributed by atoms with Crippen molar-refractivity contribution in [3.05, 3.63) is 46.8 Å². The highest BCUT2D eigenvalue weighted by Gasteiger charge is 2.17. The van der Waals surface area contributed by atoms with Gasteiger partial charge in [0.2, 0.25) is 0 Å². The number of pyridine rings is 1. The lowest BCUT2D eigenvalue weighted by Gasteiger charge is -2.11. The monoisotopic (exact) mass is 349 g/mol. The highest BCUT2D eigenvalue weighted by atomic mass is 16.5. The van der Waals surface area contributed by atoms with E-state index in [0.29, 0.717) is 34.7 Å². The molecule has 0 unspecified atom stereocenters. The molecule has 0 fully saturated rings. The van der Waals surface area contributed by atoms with Crippen LogP contribution in [0.3, 0.4) is 0 Å². The first kappa shape index (κ1) is 16.0. The molecule has 26 heavy (non-hydrogen) atoms. The summed E-state index contributed by atoms with van der Waals surface area (Å²) in [5.41, 5.74) is 2.72. The predicted molar refractivity (Wildman–Crippen MR) is 93.6 cm³/mol. The summed E-state index contributed by atoms with van der Waals surface area (Å²) in [6.45, 7) is 2.27. The summed E-state index contributed by atoms with van der Waals surface area (Å²) in [6.07, 6.45) is 4.93. The lowest BCUT2D eigenvalue weighted by atomic mass is 10.2. The predicted octanol–water partition coefficient (Wildman–Crippen LogP) is 1.51. The Morgan fingerprint density at radius 2 is 2.27 bits per heavy atom. The van der Waals surface area contributed by atoms with Gasteiger partial charge in [0, 0.05) is 13.3 Å². The Morgan fingerprint density at radius 3 is 3.04 bits per heavy atom. The Hall–Kier alpha value is -3.51. The number of aromatic nitrogens is 6. The van der Waals surface area contributed by atoms with E-state index in [2.05, 4.69) is 26.1 Å². The normalized spacial score (nSPS) is 12.5. The molecule has 0 bridgehead atoms. The zero-order chi connectivity index (χ0) is 18.3. The van der Waals surface area contributed by atoms with E-state index in [4.69, 9.17) is 10.00 Å². The van der Waals surface area contributed by atoms with E-state index in [-0.39, 0.29) is 11.7 Å². The van der Waals surface area contributed by atoms with Gasteiger partial charge >= 0.3 is 5.69 Å². The van der Waals surface area contributed by atoms with Crippen LogP contribution in [0.15, 0.2) is 35.5 Å². The van der Waals surface area contributed by atoms with Crippen LogP contribution in [-0.2, 0) is 4.74 Å². The topological polar surface area (TPSA) is 114 Å². The number of methoxy groups -OCH3 is 1. The third-order valence-corrected chi connectivity index (χ3v) is 4.20. The van der Waals surface area contributed by atoms with Crippen molar-refractivity contribution >= 4 is 16.7 Å². The van der Waals surface area contributed by atoms with Gasteiger partial charge in [-0.25, -0.2) is 19.3 Å². The van der Waals surface area contributed by atoms with Crippen molar-refractivity contribution in [1.82, 2.24) is 29.1 Å². The molecule has 0 aliphatic rings. The Labute approximate surface area is 147 Å². The number of hydrogen-bond acceptors (Lipinski definition) is 6. The fourth-order valence-corrected chi connectivity index (χ4v) is 2.99. The van der Waals surface area contributed by atoms with Crippen LogP contribution < -0.4 is 5.69 Å². The van der Waals surface area contributed by atoms with Gasteiger partial charge in [0.15, 0.2) is 11.5 Å². The highest BCUT2D eigenvalue weighted by molar-refractivity contribution is 5.80. The molecule has 0 spiro atoms. The first-order valence-corrected chi connectivity index (χ1v) is 7.96. The molecule has 1 atom stereocenters. The maximum Gasteiger partial charge on any atom is 0.328 e. The first-order chi connectivity index (χ1) is 12.6.